The highest BCUT2D eigenvalue weighted by atomic mass is 19.4. The van der Waals surface area contributed by atoms with Gasteiger partial charge < -0.3 is 15.3 Å². The van der Waals surface area contributed by atoms with Crippen molar-refractivity contribution in [3.63, 3.8) is 0 Å². The Morgan fingerprint density at radius 2 is 2.00 bits per heavy atom. The Hall–Kier alpha value is -1.47. The number of carboxylic acids is 1. The van der Waals surface area contributed by atoms with Gasteiger partial charge >= 0.3 is 18.2 Å². The van der Waals surface area contributed by atoms with Gasteiger partial charge in [0.25, 0.3) is 0 Å². The van der Waals surface area contributed by atoms with E-state index >= 15 is 0 Å². The van der Waals surface area contributed by atoms with Gasteiger partial charge in [0.2, 0.25) is 0 Å². The van der Waals surface area contributed by atoms with Crippen molar-refractivity contribution >= 4 is 12.0 Å². The summed E-state index contributed by atoms with van der Waals surface area (Å²) in [7, 11) is 0. The van der Waals surface area contributed by atoms with Crippen LogP contribution >= 0.6 is 0 Å². The van der Waals surface area contributed by atoms with Crippen LogP contribution in [0.5, 0.6) is 0 Å². The largest absolute Gasteiger partial charge is 0.481 e. The van der Waals surface area contributed by atoms with Gasteiger partial charge in [0.15, 0.2) is 0 Å². The van der Waals surface area contributed by atoms with E-state index in [-0.39, 0.29) is 6.04 Å². The smallest absolute Gasteiger partial charge is 0.405 e. The summed E-state index contributed by atoms with van der Waals surface area (Å²) >= 11 is 0. The van der Waals surface area contributed by atoms with Crippen LogP contribution in [-0.2, 0) is 4.79 Å². The first-order valence-electron chi connectivity index (χ1n) is 5.65. The molecule has 2 bridgehead atoms. The third-order valence-corrected chi connectivity index (χ3v) is 3.53. The molecule has 2 heterocycles. The Morgan fingerprint density at radius 1 is 1.33 bits per heavy atom. The average molecular weight is 266 g/mol. The van der Waals surface area contributed by atoms with E-state index in [1.54, 1.807) is 5.32 Å². The summed E-state index contributed by atoms with van der Waals surface area (Å²) in [4.78, 5) is 23.8. The molecule has 2 rings (SSSR count). The Balaban J connectivity index is 1.98. The van der Waals surface area contributed by atoms with Crippen molar-refractivity contribution in [2.75, 3.05) is 6.54 Å². The van der Waals surface area contributed by atoms with E-state index in [1.165, 1.54) is 4.90 Å². The van der Waals surface area contributed by atoms with E-state index in [0.29, 0.717) is 19.3 Å². The summed E-state index contributed by atoms with van der Waals surface area (Å²) in [6, 6.07) is -1.53. The van der Waals surface area contributed by atoms with Gasteiger partial charge in [0.05, 0.1) is 5.92 Å². The Labute approximate surface area is 101 Å². The third kappa shape index (κ3) is 2.37. The molecule has 0 radical (unpaired) electrons. The molecule has 0 aromatic heterocycles. The monoisotopic (exact) mass is 266 g/mol. The molecular formula is C10H13F3N2O3. The molecule has 102 valence electrons. The number of halogens is 3. The lowest BCUT2D eigenvalue weighted by Crippen LogP contribution is -2.46. The maximum absolute atomic E-state index is 12.0. The van der Waals surface area contributed by atoms with Crippen molar-refractivity contribution in [2.24, 2.45) is 5.92 Å². The molecule has 2 N–H and O–H groups in total. The van der Waals surface area contributed by atoms with Crippen LogP contribution in [0.3, 0.4) is 0 Å². The van der Waals surface area contributed by atoms with Gasteiger partial charge in [0, 0.05) is 12.1 Å². The molecule has 8 heteroatoms. The Kier molecular flexibility index (Phi) is 3.12. The maximum Gasteiger partial charge on any atom is 0.405 e. The summed E-state index contributed by atoms with van der Waals surface area (Å²) in [6.07, 6.45) is -2.92. The molecule has 2 aliphatic rings. The van der Waals surface area contributed by atoms with Gasteiger partial charge in [-0.05, 0) is 19.3 Å². The van der Waals surface area contributed by atoms with Crippen LogP contribution in [0.15, 0.2) is 0 Å². The minimum absolute atomic E-state index is 0.246. The second kappa shape index (κ2) is 4.33. The van der Waals surface area contributed by atoms with E-state index in [1.807, 2.05) is 0 Å². The van der Waals surface area contributed by atoms with Gasteiger partial charge in [-0.1, -0.05) is 0 Å². The van der Waals surface area contributed by atoms with Crippen LogP contribution < -0.4 is 5.32 Å². The second-order valence-corrected chi connectivity index (χ2v) is 4.66. The molecule has 0 spiro atoms. The molecule has 2 amide bonds. The first-order chi connectivity index (χ1) is 8.29. The summed E-state index contributed by atoms with van der Waals surface area (Å²) in [5.74, 6) is -1.64. The number of alkyl halides is 3. The second-order valence-electron chi connectivity index (χ2n) is 4.66. The summed E-state index contributed by atoms with van der Waals surface area (Å²) in [5.41, 5.74) is 0. The fraction of sp³-hybridized carbons (Fsp3) is 0.800. The molecule has 18 heavy (non-hydrogen) atoms. The van der Waals surface area contributed by atoms with Gasteiger partial charge in [-0.25, -0.2) is 4.79 Å². The van der Waals surface area contributed by atoms with Crippen molar-refractivity contribution in [3.8, 4) is 0 Å². The highest BCUT2D eigenvalue weighted by molar-refractivity contribution is 5.79. The number of hydrogen-bond acceptors (Lipinski definition) is 2. The molecule has 3 unspecified atom stereocenters. The van der Waals surface area contributed by atoms with Crippen LogP contribution in [0.25, 0.3) is 0 Å². The number of hydrogen-bond donors (Lipinski definition) is 2. The van der Waals surface area contributed by atoms with Crippen LogP contribution in [0, 0.1) is 5.92 Å². The molecule has 3 atom stereocenters. The molecule has 0 saturated carbocycles. The van der Waals surface area contributed by atoms with Gasteiger partial charge in [-0.15, -0.1) is 0 Å². The average Bonchev–Trinajstić information content (AvgIpc) is 2.81. The number of rotatable bonds is 2. The lowest BCUT2D eigenvalue weighted by Gasteiger charge is -2.23. The number of nitrogens with one attached hydrogen (secondary N) is 1. The predicted molar refractivity (Wildman–Crippen MR) is 53.8 cm³/mol. The fourth-order valence-corrected chi connectivity index (χ4v) is 2.84. The molecular weight excluding hydrogens is 253 g/mol. The van der Waals surface area contributed by atoms with Crippen molar-refractivity contribution < 1.29 is 27.9 Å². The lowest BCUT2D eigenvalue weighted by atomic mass is 9.89. The Morgan fingerprint density at radius 3 is 2.50 bits per heavy atom. The highest BCUT2D eigenvalue weighted by Crippen LogP contribution is 2.41. The van der Waals surface area contributed by atoms with Crippen LogP contribution in [0.2, 0.25) is 0 Å². The van der Waals surface area contributed by atoms with Crippen LogP contribution in [0.4, 0.5) is 18.0 Å². The van der Waals surface area contributed by atoms with Gasteiger partial charge in [-0.2, -0.15) is 13.2 Å². The number of aliphatic carboxylic acids is 1. The number of urea groups is 1. The summed E-state index contributed by atoms with van der Waals surface area (Å²) in [6.45, 7) is -1.39. The van der Waals surface area contributed by atoms with E-state index in [2.05, 4.69) is 0 Å². The maximum atomic E-state index is 12.0. The molecule has 2 aliphatic heterocycles. The van der Waals surface area contributed by atoms with E-state index in [4.69, 9.17) is 5.11 Å². The SMILES string of the molecule is O=C(O)C1CC2CCC1N2C(=O)NCC(F)(F)F. The van der Waals surface area contributed by atoms with Crippen molar-refractivity contribution in [1.82, 2.24) is 10.2 Å². The lowest BCUT2D eigenvalue weighted by molar-refractivity contribution is -0.142. The highest BCUT2D eigenvalue weighted by Gasteiger charge is 2.51. The van der Waals surface area contributed by atoms with Crippen LogP contribution in [-0.4, -0.2) is 46.8 Å². The Bertz CT molecular complexity index is 372. The van der Waals surface area contributed by atoms with Crippen molar-refractivity contribution in [2.45, 2.75) is 37.5 Å². The number of carbonyl (C=O) groups excluding carboxylic acids is 1. The number of nitrogens with zero attached hydrogens (tertiary/aromatic N) is 1. The van der Waals surface area contributed by atoms with E-state index in [9.17, 15) is 22.8 Å². The number of amides is 2. The van der Waals surface area contributed by atoms with Gasteiger partial charge in [-0.3, -0.25) is 4.79 Å². The van der Waals surface area contributed by atoms with E-state index < -0.39 is 36.7 Å². The molecule has 5 nitrogen and oxygen atoms in total. The molecule has 2 fully saturated rings. The van der Waals surface area contributed by atoms with Crippen LogP contribution in [0.1, 0.15) is 19.3 Å². The minimum atomic E-state index is -4.46. The zero-order valence-electron chi connectivity index (χ0n) is 9.41. The zero-order valence-corrected chi connectivity index (χ0v) is 9.41. The topological polar surface area (TPSA) is 69.6 Å². The first kappa shape index (κ1) is 13.0. The molecule has 0 aliphatic carbocycles. The zero-order chi connectivity index (χ0) is 13.5. The molecule has 0 aromatic carbocycles. The minimum Gasteiger partial charge on any atom is -0.481 e. The van der Waals surface area contributed by atoms with Gasteiger partial charge in [0.1, 0.15) is 6.54 Å². The normalized spacial score (nSPS) is 30.6. The number of fused-ring (bicyclic) bond motifs is 2. The van der Waals surface area contributed by atoms with Crippen molar-refractivity contribution in [3.05, 3.63) is 0 Å². The summed E-state index contributed by atoms with van der Waals surface area (Å²) < 4.78 is 36.0. The number of carboxylic acid groups (broad SMARTS) is 1. The standard InChI is InChI=1S/C10H13F3N2O3/c11-10(12,13)4-14-9(18)15-5-1-2-7(15)6(3-5)8(16)17/h5-7H,1-4H2,(H,14,18)(H,16,17). The predicted octanol–water partition coefficient (Wildman–Crippen LogP) is 1.20. The number of carbonyl (C=O) groups is 2. The van der Waals surface area contributed by atoms with E-state index in [0.717, 1.165) is 0 Å². The third-order valence-electron chi connectivity index (χ3n) is 3.53. The first-order valence-corrected chi connectivity index (χ1v) is 5.65. The fourth-order valence-electron chi connectivity index (χ4n) is 2.84. The molecule has 0 aromatic rings. The van der Waals surface area contributed by atoms with Crippen molar-refractivity contribution in [1.29, 1.82) is 0 Å². The molecule has 2 saturated heterocycles. The quantitative estimate of drug-likeness (QED) is 0.789. The summed E-state index contributed by atoms with van der Waals surface area (Å²) in [5, 5.41) is 10.7.